The Morgan fingerprint density at radius 1 is 1.40 bits per heavy atom. The normalized spacial score (nSPS) is 12.2. The summed E-state index contributed by atoms with van der Waals surface area (Å²) >= 11 is 0.988. The Morgan fingerprint density at radius 3 is 2.53 bits per heavy atom. The van der Waals surface area contributed by atoms with Crippen LogP contribution in [0.15, 0.2) is 0 Å². The molecule has 0 bridgehead atoms. The van der Waals surface area contributed by atoms with E-state index in [0.29, 0.717) is 12.4 Å². The molecule has 6 heteroatoms. The van der Waals surface area contributed by atoms with Gasteiger partial charge in [-0.05, 0) is 25.7 Å². The Kier molecular flexibility index (Phi) is 8.35. The monoisotopic (exact) mass is 235 g/mol. The van der Waals surface area contributed by atoms with Crippen LogP contribution in [0.5, 0.6) is 0 Å². The molecule has 0 aromatic heterocycles. The summed E-state index contributed by atoms with van der Waals surface area (Å²) in [6.45, 7) is 2.11. The number of methoxy groups -OCH3 is 1. The number of ketones is 1. The van der Waals surface area contributed by atoms with Gasteiger partial charge in [0.05, 0.1) is 12.6 Å². The maximum Gasteiger partial charge on any atom is 0.367 e. The van der Waals surface area contributed by atoms with Gasteiger partial charge in [-0.1, -0.05) is 0 Å². The average molecular weight is 235 g/mol. The number of carbonyl (C=O) groups excluding carboxylic acids is 2. The number of ether oxygens (including phenoxy) is 2. The third kappa shape index (κ3) is 7.35. The molecule has 0 spiro atoms. The standard InChI is InChI=1S/C9H17NO4S/c1-7(11)8(10-2)6-15-9(12)14-5-4-13-3/h8,10H,4-6H2,1-3H3. The molecular formula is C9H17NO4S. The molecule has 0 aliphatic rings. The van der Waals surface area contributed by atoms with Crippen molar-refractivity contribution in [1.82, 2.24) is 5.32 Å². The summed E-state index contributed by atoms with van der Waals surface area (Å²) in [7, 11) is 3.22. The van der Waals surface area contributed by atoms with E-state index in [9.17, 15) is 9.59 Å². The largest absolute Gasteiger partial charge is 0.455 e. The lowest BCUT2D eigenvalue weighted by Crippen LogP contribution is -2.35. The van der Waals surface area contributed by atoms with E-state index >= 15 is 0 Å². The molecule has 0 heterocycles. The second kappa shape index (κ2) is 8.70. The number of hydrogen-bond acceptors (Lipinski definition) is 6. The summed E-state index contributed by atoms with van der Waals surface area (Å²) in [5.74, 6) is 0.396. The van der Waals surface area contributed by atoms with E-state index in [0.717, 1.165) is 11.8 Å². The fourth-order valence-electron chi connectivity index (χ4n) is 0.805. The SMILES string of the molecule is CNC(CSC(=O)OCCOC)C(C)=O. The number of rotatable bonds is 7. The molecule has 0 rings (SSSR count). The van der Waals surface area contributed by atoms with Gasteiger partial charge in [0.1, 0.15) is 12.4 Å². The maximum atomic E-state index is 11.1. The molecule has 5 nitrogen and oxygen atoms in total. The Labute approximate surface area is 93.9 Å². The second-order valence-electron chi connectivity index (χ2n) is 2.85. The van der Waals surface area contributed by atoms with Crippen molar-refractivity contribution in [3.05, 3.63) is 0 Å². The highest BCUT2D eigenvalue weighted by Crippen LogP contribution is 2.07. The Balaban J connectivity index is 3.64. The van der Waals surface area contributed by atoms with Crippen LogP contribution < -0.4 is 5.32 Å². The van der Waals surface area contributed by atoms with Gasteiger partial charge in [0, 0.05) is 12.9 Å². The summed E-state index contributed by atoms with van der Waals surface area (Å²) in [6, 6.07) is -0.301. The molecule has 0 saturated carbocycles. The van der Waals surface area contributed by atoms with Crippen LogP contribution in [-0.2, 0) is 14.3 Å². The molecular weight excluding hydrogens is 218 g/mol. The zero-order valence-electron chi connectivity index (χ0n) is 9.24. The molecule has 1 N–H and O–H groups in total. The first kappa shape index (κ1) is 14.4. The topological polar surface area (TPSA) is 64.6 Å². The van der Waals surface area contributed by atoms with E-state index in [1.165, 1.54) is 14.0 Å². The van der Waals surface area contributed by atoms with Crippen LogP contribution in [0, 0.1) is 0 Å². The van der Waals surface area contributed by atoms with Gasteiger partial charge in [-0.3, -0.25) is 4.79 Å². The molecule has 0 radical (unpaired) electrons. The quantitative estimate of drug-likeness (QED) is 0.517. The Morgan fingerprint density at radius 2 is 2.07 bits per heavy atom. The number of carbonyl (C=O) groups is 2. The fraction of sp³-hybridized carbons (Fsp3) is 0.778. The smallest absolute Gasteiger partial charge is 0.367 e. The maximum absolute atomic E-state index is 11.1. The third-order valence-corrected chi connectivity index (χ3v) is 2.57. The molecule has 0 aliphatic heterocycles. The summed E-state index contributed by atoms with van der Waals surface area (Å²) in [5.41, 5.74) is 0. The highest BCUT2D eigenvalue weighted by Gasteiger charge is 2.14. The first-order chi connectivity index (χ1) is 7.11. The molecule has 15 heavy (non-hydrogen) atoms. The lowest BCUT2D eigenvalue weighted by molar-refractivity contribution is -0.118. The molecule has 0 amide bonds. The van der Waals surface area contributed by atoms with E-state index in [1.807, 2.05) is 0 Å². The van der Waals surface area contributed by atoms with Crippen molar-refractivity contribution >= 4 is 22.8 Å². The van der Waals surface area contributed by atoms with Gasteiger partial charge in [0.15, 0.2) is 0 Å². The zero-order valence-corrected chi connectivity index (χ0v) is 10.1. The van der Waals surface area contributed by atoms with Crippen molar-refractivity contribution in [3.63, 3.8) is 0 Å². The lowest BCUT2D eigenvalue weighted by Gasteiger charge is -2.11. The molecule has 1 unspecified atom stereocenters. The van der Waals surface area contributed by atoms with Crippen molar-refractivity contribution in [3.8, 4) is 0 Å². The molecule has 0 fully saturated rings. The summed E-state index contributed by atoms with van der Waals surface area (Å²) in [5, 5.41) is 2.44. The highest BCUT2D eigenvalue weighted by atomic mass is 32.2. The average Bonchev–Trinajstić information content (AvgIpc) is 2.18. The van der Waals surface area contributed by atoms with E-state index in [4.69, 9.17) is 9.47 Å². The van der Waals surface area contributed by atoms with E-state index < -0.39 is 0 Å². The van der Waals surface area contributed by atoms with E-state index in [2.05, 4.69) is 5.32 Å². The van der Waals surface area contributed by atoms with Gasteiger partial charge in [0.2, 0.25) is 0 Å². The lowest BCUT2D eigenvalue weighted by atomic mass is 10.2. The molecule has 0 aromatic rings. The van der Waals surface area contributed by atoms with Crippen molar-refractivity contribution < 1.29 is 19.1 Å². The molecule has 88 valence electrons. The molecule has 1 atom stereocenters. The predicted molar refractivity (Wildman–Crippen MR) is 59.2 cm³/mol. The fourth-order valence-corrected chi connectivity index (χ4v) is 1.68. The van der Waals surface area contributed by atoms with E-state index in [-0.39, 0.29) is 23.7 Å². The predicted octanol–water partition coefficient (Wildman–Crippen LogP) is 0.680. The first-order valence-electron chi connectivity index (χ1n) is 4.58. The van der Waals surface area contributed by atoms with Crippen molar-refractivity contribution in [2.24, 2.45) is 0 Å². The number of hydrogen-bond donors (Lipinski definition) is 1. The van der Waals surface area contributed by atoms with Gasteiger partial charge >= 0.3 is 5.30 Å². The van der Waals surface area contributed by atoms with Crippen molar-refractivity contribution in [1.29, 1.82) is 0 Å². The highest BCUT2D eigenvalue weighted by molar-refractivity contribution is 8.13. The Bertz CT molecular complexity index is 210. The number of likely N-dealkylation sites (N-methyl/N-ethyl adjacent to an activating group) is 1. The molecule has 0 saturated heterocycles. The van der Waals surface area contributed by atoms with E-state index in [1.54, 1.807) is 7.05 Å². The number of Topliss-reactive ketones (excluding diaryl/α,β-unsaturated/α-hetero) is 1. The van der Waals surface area contributed by atoms with Crippen LogP contribution in [0.2, 0.25) is 0 Å². The van der Waals surface area contributed by atoms with Crippen LogP contribution in [0.4, 0.5) is 4.79 Å². The second-order valence-corrected chi connectivity index (χ2v) is 3.81. The summed E-state index contributed by atoms with van der Waals surface area (Å²) in [6.07, 6.45) is 0. The van der Waals surface area contributed by atoms with Gasteiger partial charge in [0.25, 0.3) is 0 Å². The van der Waals surface area contributed by atoms with Gasteiger partial charge in [-0.2, -0.15) is 0 Å². The van der Waals surface area contributed by atoms with Crippen molar-refractivity contribution in [2.75, 3.05) is 33.1 Å². The van der Waals surface area contributed by atoms with Gasteiger partial charge < -0.3 is 14.8 Å². The van der Waals surface area contributed by atoms with Crippen LogP contribution in [0.1, 0.15) is 6.92 Å². The first-order valence-corrected chi connectivity index (χ1v) is 5.56. The van der Waals surface area contributed by atoms with Crippen LogP contribution >= 0.6 is 11.8 Å². The minimum absolute atomic E-state index is 0.00897. The third-order valence-electron chi connectivity index (χ3n) is 1.71. The van der Waals surface area contributed by atoms with Crippen molar-refractivity contribution in [2.45, 2.75) is 13.0 Å². The summed E-state index contributed by atoms with van der Waals surface area (Å²) in [4.78, 5) is 22.1. The molecule has 0 aliphatic carbocycles. The summed E-state index contributed by atoms with van der Waals surface area (Å²) < 4.78 is 9.54. The van der Waals surface area contributed by atoms with Crippen LogP contribution in [0.3, 0.4) is 0 Å². The minimum Gasteiger partial charge on any atom is -0.455 e. The van der Waals surface area contributed by atoms with Crippen LogP contribution in [-0.4, -0.2) is 50.3 Å². The van der Waals surface area contributed by atoms with Gasteiger partial charge in [-0.25, -0.2) is 4.79 Å². The molecule has 0 aromatic carbocycles. The van der Waals surface area contributed by atoms with Gasteiger partial charge in [-0.15, -0.1) is 0 Å². The zero-order chi connectivity index (χ0) is 11.7. The number of thioether (sulfide) groups is 1. The van der Waals surface area contributed by atoms with Crippen LogP contribution in [0.25, 0.3) is 0 Å². The Hall–Kier alpha value is -0.590. The minimum atomic E-state index is -0.381. The number of nitrogens with one attached hydrogen (secondary N) is 1.